The normalized spacial score (nSPS) is 22.2. The van der Waals surface area contributed by atoms with Gasteiger partial charge in [-0.1, -0.05) is 0 Å². The number of piperidine rings is 1. The van der Waals surface area contributed by atoms with Crippen LogP contribution in [0.1, 0.15) is 36.7 Å². The highest BCUT2D eigenvalue weighted by molar-refractivity contribution is 5.92. The highest BCUT2D eigenvalue weighted by atomic mass is 16.2. The van der Waals surface area contributed by atoms with Gasteiger partial charge in [0.05, 0.1) is 6.20 Å². The van der Waals surface area contributed by atoms with E-state index in [4.69, 9.17) is 5.73 Å². The second-order valence-electron chi connectivity index (χ2n) is 4.51. The molecule has 5 nitrogen and oxygen atoms in total. The Morgan fingerprint density at radius 3 is 3.00 bits per heavy atom. The molecule has 5 heteroatoms. The Labute approximate surface area is 101 Å². The Kier molecular flexibility index (Phi) is 3.68. The standard InChI is InChI=1S/C12H18N4O/c1-9(13)11-4-2-3-7-16(11)12(17)10-8-14-5-6-15-10/h5-6,8-9,11H,2-4,7,13H2,1H3/t9-,11+/m1/s1. The van der Waals surface area contributed by atoms with Gasteiger partial charge in [0.25, 0.3) is 5.91 Å². The lowest BCUT2D eigenvalue weighted by molar-refractivity contribution is 0.0577. The van der Waals surface area contributed by atoms with Crippen LogP contribution in [-0.4, -0.2) is 39.4 Å². The predicted octanol–water partition coefficient (Wildman–Crippen LogP) is 0.818. The monoisotopic (exact) mass is 234 g/mol. The fraction of sp³-hybridized carbons (Fsp3) is 0.583. The van der Waals surface area contributed by atoms with Gasteiger partial charge in [0.15, 0.2) is 0 Å². The molecule has 1 amide bonds. The van der Waals surface area contributed by atoms with Crippen molar-refractivity contribution in [3.05, 3.63) is 24.3 Å². The van der Waals surface area contributed by atoms with Crippen LogP contribution in [0.2, 0.25) is 0 Å². The van der Waals surface area contributed by atoms with Gasteiger partial charge in [-0.15, -0.1) is 0 Å². The Morgan fingerprint density at radius 1 is 1.53 bits per heavy atom. The molecule has 1 aromatic rings. The number of likely N-dealkylation sites (tertiary alicyclic amines) is 1. The van der Waals surface area contributed by atoms with Crippen molar-refractivity contribution in [2.75, 3.05) is 6.54 Å². The SMILES string of the molecule is C[C@@H](N)[C@@H]1CCCCN1C(=O)c1cnccn1. The Balaban J connectivity index is 2.17. The number of carbonyl (C=O) groups is 1. The number of rotatable bonds is 2. The summed E-state index contributed by atoms with van der Waals surface area (Å²) >= 11 is 0. The van der Waals surface area contributed by atoms with E-state index in [1.165, 1.54) is 12.4 Å². The van der Waals surface area contributed by atoms with Crippen LogP contribution in [0, 0.1) is 0 Å². The smallest absolute Gasteiger partial charge is 0.274 e. The summed E-state index contributed by atoms with van der Waals surface area (Å²) in [4.78, 5) is 22.1. The summed E-state index contributed by atoms with van der Waals surface area (Å²) in [5.74, 6) is -0.0555. The zero-order chi connectivity index (χ0) is 12.3. The molecule has 2 atom stereocenters. The summed E-state index contributed by atoms with van der Waals surface area (Å²) in [6.45, 7) is 2.72. The fourth-order valence-electron chi connectivity index (χ4n) is 2.31. The van der Waals surface area contributed by atoms with E-state index in [1.54, 1.807) is 6.20 Å². The summed E-state index contributed by atoms with van der Waals surface area (Å²) in [7, 11) is 0. The van der Waals surface area contributed by atoms with E-state index in [0.717, 1.165) is 25.8 Å². The van der Waals surface area contributed by atoms with Crippen molar-refractivity contribution in [1.29, 1.82) is 0 Å². The zero-order valence-electron chi connectivity index (χ0n) is 10.0. The van der Waals surface area contributed by atoms with Crippen LogP contribution in [0.15, 0.2) is 18.6 Å². The molecule has 1 aliphatic rings. The van der Waals surface area contributed by atoms with Crippen molar-refractivity contribution in [3.8, 4) is 0 Å². The predicted molar refractivity (Wildman–Crippen MR) is 64.4 cm³/mol. The first-order valence-corrected chi connectivity index (χ1v) is 6.02. The quantitative estimate of drug-likeness (QED) is 0.822. The van der Waals surface area contributed by atoms with E-state index in [2.05, 4.69) is 9.97 Å². The summed E-state index contributed by atoms with van der Waals surface area (Å²) in [6, 6.07) is 0.120. The largest absolute Gasteiger partial charge is 0.333 e. The van der Waals surface area contributed by atoms with Crippen LogP contribution in [-0.2, 0) is 0 Å². The van der Waals surface area contributed by atoms with E-state index < -0.39 is 0 Å². The number of amides is 1. The van der Waals surface area contributed by atoms with Gasteiger partial charge in [0.2, 0.25) is 0 Å². The lowest BCUT2D eigenvalue weighted by Gasteiger charge is -2.37. The molecule has 1 aromatic heterocycles. The number of hydrogen-bond acceptors (Lipinski definition) is 4. The minimum atomic E-state index is -0.0555. The van der Waals surface area contributed by atoms with Gasteiger partial charge in [0, 0.05) is 31.0 Å². The molecule has 17 heavy (non-hydrogen) atoms. The lowest BCUT2D eigenvalue weighted by Crippen LogP contribution is -2.51. The Hall–Kier alpha value is -1.49. The van der Waals surface area contributed by atoms with Gasteiger partial charge in [-0.25, -0.2) is 4.98 Å². The second-order valence-corrected chi connectivity index (χ2v) is 4.51. The van der Waals surface area contributed by atoms with Gasteiger partial charge in [0.1, 0.15) is 5.69 Å². The number of nitrogens with zero attached hydrogens (tertiary/aromatic N) is 3. The first-order chi connectivity index (χ1) is 8.20. The number of carbonyl (C=O) groups excluding carboxylic acids is 1. The van der Waals surface area contributed by atoms with Crippen LogP contribution in [0.5, 0.6) is 0 Å². The summed E-state index contributed by atoms with van der Waals surface area (Å²) in [5, 5.41) is 0. The van der Waals surface area contributed by atoms with E-state index in [1.807, 2.05) is 11.8 Å². The van der Waals surface area contributed by atoms with Gasteiger partial charge in [-0.2, -0.15) is 0 Å². The molecule has 0 bridgehead atoms. The second kappa shape index (κ2) is 5.23. The Morgan fingerprint density at radius 2 is 2.35 bits per heavy atom. The van der Waals surface area contributed by atoms with Crippen molar-refractivity contribution in [2.24, 2.45) is 5.73 Å². The Bertz CT molecular complexity index is 379. The lowest BCUT2D eigenvalue weighted by atomic mass is 9.96. The highest BCUT2D eigenvalue weighted by Crippen LogP contribution is 2.20. The first-order valence-electron chi connectivity index (χ1n) is 6.02. The average Bonchev–Trinajstić information content (AvgIpc) is 2.39. The fourth-order valence-corrected chi connectivity index (χ4v) is 2.31. The van der Waals surface area contributed by atoms with Crippen molar-refractivity contribution in [1.82, 2.24) is 14.9 Å². The topological polar surface area (TPSA) is 72.1 Å². The van der Waals surface area contributed by atoms with Crippen LogP contribution >= 0.6 is 0 Å². The molecular weight excluding hydrogens is 216 g/mol. The maximum atomic E-state index is 12.3. The van der Waals surface area contributed by atoms with Crippen LogP contribution in [0.4, 0.5) is 0 Å². The molecule has 0 saturated carbocycles. The maximum Gasteiger partial charge on any atom is 0.274 e. The van der Waals surface area contributed by atoms with E-state index >= 15 is 0 Å². The van der Waals surface area contributed by atoms with E-state index in [9.17, 15) is 4.79 Å². The molecular formula is C12H18N4O. The molecule has 1 saturated heterocycles. The van der Waals surface area contributed by atoms with Crippen molar-refractivity contribution >= 4 is 5.91 Å². The molecule has 2 heterocycles. The number of aromatic nitrogens is 2. The third kappa shape index (κ3) is 2.61. The van der Waals surface area contributed by atoms with Crippen molar-refractivity contribution in [2.45, 2.75) is 38.3 Å². The highest BCUT2D eigenvalue weighted by Gasteiger charge is 2.30. The summed E-state index contributed by atoms with van der Waals surface area (Å²) < 4.78 is 0. The summed E-state index contributed by atoms with van der Waals surface area (Å²) in [6.07, 6.45) is 7.76. The maximum absolute atomic E-state index is 12.3. The molecule has 0 aromatic carbocycles. The zero-order valence-corrected chi connectivity index (χ0v) is 10.0. The van der Waals surface area contributed by atoms with Crippen LogP contribution in [0.25, 0.3) is 0 Å². The van der Waals surface area contributed by atoms with Crippen molar-refractivity contribution in [3.63, 3.8) is 0 Å². The molecule has 92 valence electrons. The van der Waals surface area contributed by atoms with E-state index in [-0.39, 0.29) is 18.0 Å². The summed E-state index contributed by atoms with van der Waals surface area (Å²) in [5.41, 5.74) is 6.35. The first kappa shape index (κ1) is 12.0. The number of nitrogens with two attached hydrogens (primary N) is 1. The van der Waals surface area contributed by atoms with Gasteiger partial charge < -0.3 is 10.6 Å². The molecule has 1 aliphatic heterocycles. The molecule has 1 fully saturated rings. The minimum Gasteiger partial charge on any atom is -0.333 e. The van der Waals surface area contributed by atoms with Crippen LogP contribution in [0.3, 0.4) is 0 Å². The average molecular weight is 234 g/mol. The minimum absolute atomic E-state index is 0.00378. The molecule has 2 N–H and O–H groups in total. The van der Waals surface area contributed by atoms with Crippen LogP contribution < -0.4 is 5.73 Å². The van der Waals surface area contributed by atoms with E-state index in [0.29, 0.717) is 5.69 Å². The number of hydrogen-bond donors (Lipinski definition) is 1. The van der Waals surface area contributed by atoms with Gasteiger partial charge in [-0.3, -0.25) is 9.78 Å². The van der Waals surface area contributed by atoms with Crippen molar-refractivity contribution < 1.29 is 4.79 Å². The van der Waals surface area contributed by atoms with Gasteiger partial charge >= 0.3 is 0 Å². The third-order valence-corrected chi connectivity index (χ3v) is 3.20. The molecule has 0 spiro atoms. The van der Waals surface area contributed by atoms with Gasteiger partial charge in [-0.05, 0) is 26.2 Å². The third-order valence-electron chi connectivity index (χ3n) is 3.20. The molecule has 0 unspecified atom stereocenters. The molecule has 2 rings (SSSR count). The molecule has 0 aliphatic carbocycles. The molecule has 0 radical (unpaired) electrons.